The van der Waals surface area contributed by atoms with Crippen molar-refractivity contribution in [3.8, 4) is 11.5 Å². The molecule has 0 bridgehead atoms. The maximum Gasteiger partial charge on any atom is 0.254 e. The van der Waals surface area contributed by atoms with Gasteiger partial charge in [-0.2, -0.15) is 0 Å². The SMILES string of the molecule is COc1cc2c(cc1OC)C(C(=O)NCCCN1CCN(c3ccc(F)cc3)CC1)C1c3ccccc3CCN1C2=O. The minimum Gasteiger partial charge on any atom is -0.493 e. The van der Waals surface area contributed by atoms with E-state index in [1.54, 1.807) is 26.4 Å². The van der Waals surface area contributed by atoms with Crippen LogP contribution < -0.4 is 19.7 Å². The van der Waals surface area contributed by atoms with Crippen molar-refractivity contribution in [1.29, 1.82) is 0 Å². The molecule has 3 aromatic carbocycles. The third kappa shape index (κ3) is 5.29. The topological polar surface area (TPSA) is 74.4 Å². The van der Waals surface area contributed by atoms with E-state index in [1.165, 1.54) is 17.7 Å². The lowest BCUT2D eigenvalue weighted by atomic mass is 9.75. The second kappa shape index (κ2) is 12.0. The summed E-state index contributed by atoms with van der Waals surface area (Å²) in [5.41, 5.74) is 4.40. The number of ether oxygens (including phenoxy) is 2. The molecule has 0 aromatic heterocycles. The highest BCUT2D eigenvalue weighted by Crippen LogP contribution is 2.48. The first-order valence-electron chi connectivity index (χ1n) is 14.6. The highest BCUT2D eigenvalue weighted by molar-refractivity contribution is 6.02. The summed E-state index contributed by atoms with van der Waals surface area (Å²) in [7, 11) is 3.11. The highest BCUT2D eigenvalue weighted by Gasteiger charge is 2.46. The van der Waals surface area contributed by atoms with Crippen LogP contribution in [0.15, 0.2) is 60.7 Å². The number of carbonyl (C=O) groups is 2. The van der Waals surface area contributed by atoms with E-state index in [0.717, 1.165) is 56.8 Å². The van der Waals surface area contributed by atoms with E-state index in [0.29, 0.717) is 35.7 Å². The van der Waals surface area contributed by atoms with Crippen LogP contribution in [0.5, 0.6) is 11.5 Å². The van der Waals surface area contributed by atoms with Crippen LogP contribution >= 0.6 is 0 Å². The van der Waals surface area contributed by atoms with Crippen molar-refractivity contribution in [2.45, 2.75) is 24.8 Å². The average molecular weight is 573 g/mol. The third-order valence-electron chi connectivity index (χ3n) is 8.83. The van der Waals surface area contributed by atoms with E-state index in [-0.39, 0.29) is 23.7 Å². The second-order valence-corrected chi connectivity index (χ2v) is 11.1. The predicted molar refractivity (Wildman–Crippen MR) is 159 cm³/mol. The van der Waals surface area contributed by atoms with Crippen LogP contribution in [-0.2, 0) is 11.2 Å². The largest absolute Gasteiger partial charge is 0.493 e. The zero-order valence-electron chi connectivity index (χ0n) is 24.1. The maximum atomic E-state index is 14.0. The molecule has 2 amide bonds. The summed E-state index contributed by atoms with van der Waals surface area (Å²) in [6.07, 6.45) is 1.57. The van der Waals surface area contributed by atoms with Crippen molar-refractivity contribution in [3.05, 3.63) is 88.7 Å². The van der Waals surface area contributed by atoms with Crippen molar-refractivity contribution in [3.63, 3.8) is 0 Å². The number of carbonyl (C=O) groups excluding carboxylic acids is 2. The molecule has 3 aliphatic heterocycles. The van der Waals surface area contributed by atoms with Crippen LogP contribution in [0.1, 0.15) is 45.4 Å². The zero-order valence-corrected chi connectivity index (χ0v) is 24.1. The number of amides is 2. The summed E-state index contributed by atoms with van der Waals surface area (Å²) in [4.78, 5) is 34.2. The first-order valence-corrected chi connectivity index (χ1v) is 14.6. The van der Waals surface area contributed by atoms with Crippen LogP contribution in [0.4, 0.5) is 10.1 Å². The van der Waals surface area contributed by atoms with Crippen molar-refractivity contribution in [2.24, 2.45) is 0 Å². The normalized spacial score (nSPS) is 19.9. The van der Waals surface area contributed by atoms with Crippen molar-refractivity contribution in [1.82, 2.24) is 15.1 Å². The van der Waals surface area contributed by atoms with Gasteiger partial charge in [0.05, 0.1) is 26.2 Å². The lowest BCUT2D eigenvalue weighted by Gasteiger charge is -2.45. The number of methoxy groups -OCH3 is 2. The Kier molecular flexibility index (Phi) is 8.02. The number of fused-ring (bicyclic) bond motifs is 4. The minimum atomic E-state index is -0.571. The predicted octanol–water partition coefficient (Wildman–Crippen LogP) is 4.01. The van der Waals surface area contributed by atoms with Crippen LogP contribution in [0, 0.1) is 5.82 Å². The number of nitrogens with zero attached hydrogens (tertiary/aromatic N) is 3. The monoisotopic (exact) mass is 572 g/mol. The van der Waals surface area contributed by atoms with Gasteiger partial charge in [-0.15, -0.1) is 0 Å². The fourth-order valence-electron chi connectivity index (χ4n) is 6.64. The van der Waals surface area contributed by atoms with Gasteiger partial charge >= 0.3 is 0 Å². The van der Waals surface area contributed by atoms with E-state index < -0.39 is 5.92 Å². The number of nitrogens with one attached hydrogen (secondary N) is 1. The lowest BCUT2D eigenvalue weighted by Crippen LogP contribution is -2.50. The van der Waals surface area contributed by atoms with Gasteiger partial charge in [0.15, 0.2) is 11.5 Å². The Morgan fingerprint density at radius 1 is 0.929 bits per heavy atom. The molecule has 3 aliphatic rings. The summed E-state index contributed by atoms with van der Waals surface area (Å²) in [5, 5.41) is 3.20. The Labute approximate surface area is 246 Å². The molecule has 220 valence electrons. The van der Waals surface area contributed by atoms with E-state index in [2.05, 4.69) is 21.2 Å². The Bertz CT molecular complexity index is 1450. The van der Waals surface area contributed by atoms with Crippen LogP contribution in [0.3, 0.4) is 0 Å². The standard InChI is InChI=1S/C33H37FN4O4/c1-41-28-20-26-27(21-29(28)42-2)33(40)38-15-12-22-6-3-4-7-25(22)31(38)30(26)32(39)35-13-5-14-36-16-18-37(19-17-36)24-10-8-23(34)9-11-24/h3-4,6-11,20-21,30-31H,5,12-19H2,1-2H3,(H,35,39). The summed E-state index contributed by atoms with van der Waals surface area (Å²) in [6.45, 7) is 5.57. The number of rotatable bonds is 8. The first kappa shape index (κ1) is 28.0. The Balaban J connectivity index is 1.15. The molecular formula is C33H37FN4O4. The Hall–Kier alpha value is -4.11. The van der Waals surface area contributed by atoms with Crippen LogP contribution in [0.2, 0.25) is 0 Å². The summed E-state index contributed by atoms with van der Waals surface area (Å²) in [6, 6.07) is 17.9. The average Bonchev–Trinajstić information content (AvgIpc) is 3.03. The molecule has 0 aliphatic carbocycles. The van der Waals surface area contributed by atoms with E-state index in [4.69, 9.17) is 9.47 Å². The molecule has 1 fully saturated rings. The number of hydrogen-bond donors (Lipinski definition) is 1. The fraction of sp³-hybridized carbons (Fsp3) is 0.394. The van der Waals surface area contributed by atoms with Crippen LogP contribution in [-0.4, -0.2) is 81.6 Å². The molecule has 2 atom stereocenters. The van der Waals surface area contributed by atoms with Crippen LogP contribution in [0.25, 0.3) is 0 Å². The zero-order chi connectivity index (χ0) is 29.2. The molecule has 3 heterocycles. The number of benzene rings is 3. The summed E-state index contributed by atoms with van der Waals surface area (Å²) >= 11 is 0. The molecule has 0 radical (unpaired) electrons. The van der Waals surface area contributed by atoms with Gasteiger partial charge in [0.2, 0.25) is 5.91 Å². The molecule has 6 rings (SSSR count). The smallest absolute Gasteiger partial charge is 0.254 e. The fourth-order valence-corrected chi connectivity index (χ4v) is 6.64. The Morgan fingerprint density at radius 3 is 2.38 bits per heavy atom. The summed E-state index contributed by atoms with van der Waals surface area (Å²) < 4.78 is 24.3. The van der Waals surface area contributed by atoms with Crippen molar-refractivity contribution >= 4 is 17.5 Å². The molecule has 1 saturated heterocycles. The number of hydrogen-bond acceptors (Lipinski definition) is 6. The lowest BCUT2D eigenvalue weighted by molar-refractivity contribution is -0.124. The molecular weight excluding hydrogens is 535 g/mol. The third-order valence-corrected chi connectivity index (χ3v) is 8.83. The first-order chi connectivity index (χ1) is 20.5. The van der Waals surface area contributed by atoms with Crippen molar-refractivity contribution < 1.29 is 23.5 Å². The molecule has 3 aromatic rings. The van der Waals surface area contributed by atoms with Gasteiger partial charge in [0.1, 0.15) is 5.82 Å². The van der Waals surface area contributed by atoms with Gasteiger partial charge in [-0.25, -0.2) is 4.39 Å². The van der Waals surface area contributed by atoms with Gasteiger partial charge < -0.3 is 24.6 Å². The molecule has 2 unspecified atom stereocenters. The molecule has 9 heteroatoms. The number of halogens is 1. The summed E-state index contributed by atoms with van der Waals surface area (Å²) in [5.74, 6) is -0.00312. The van der Waals surface area contributed by atoms with E-state index in [9.17, 15) is 14.0 Å². The van der Waals surface area contributed by atoms with Gasteiger partial charge in [-0.05, 0) is 72.5 Å². The molecule has 42 heavy (non-hydrogen) atoms. The molecule has 0 saturated carbocycles. The van der Waals surface area contributed by atoms with Gasteiger partial charge in [0, 0.05) is 50.5 Å². The van der Waals surface area contributed by atoms with E-state index >= 15 is 0 Å². The Morgan fingerprint density at radius 2 is 1.64 bits per heavy atom. The highest BCUT2D eigenvalue weighted by atomic mass is 19.1. The molecule has 1 N–H and O–H groups in total. The van der Waals surface area contributed by atoms with Crippen molar-refractivity contribution in [2.75, 3.05) is 64.9 Å². The van der Waals surface area contributed by atoms with Gasteiger partial charge in [0.25, 0.3) is 5.91 Å². The van der Waals surface area contributed by atoms with E-state index in [1.807, 2.05) is 35.2 Å². The minimum absolute atomic E-state index is 0.0886. The number of anilines is 1. The maximum absolute atomic E-state index is 14.0. The van der Waals surface area contributed by atoms with Gasteiger partial charge in [-0.3, -0.25) is 14.5 Å². The molecule has 8 nitrogen and oxygen atoms in total. The number of piperazine rings is 1. The molecule has 0 spiro atoms. The quantitative estimate of drug-likeness (QED) is 0.412. The second-order valence-electron chi connectivity index (χ2n) is 11.1. The van der Waals surface area contributed by atoms with Gasteiger partial charge in [-0.1, -0.05) is 24.3 Å².